The summed E-state index contributed by atoms with van der Waals surface area (Å²) in [6.45, 7) is 12.5. The standard InChI is InChI=1S/C18H23BP2/c1-11(2)21(12(3)4)16-10-8-14-6-5-13-7-9-15(20-19-21)18(16)17(13)14/h7-12,20H,5-6H2,1-4H3/q+1. The summed E-state index contributed by atoms with van der Waals surface area (Å²) in [6.07, 6.45) is 7.31. The average Bonchev–Trinajstić information content (AvgIpc) is 2.89. The van der Waals surface area contributed by atoms with Crippen molar-refractivity contribution in [3.63, 3.8) is 0 Å². The van der Waals surface area contributed by atoms with Crippen LogP contribution in [0.15, 0.2) is 18.2 Å². The summed E-state index contributed by atoms with van der Waals surface area (Å²) >= 11 is 0. The van der Waals surface area contributed by atoms with Crippen LogP contribution in [0.25, 0.3) is 5.57 Å². The van der Waals surface area contributed by atoms with Crippen LogP contribution in [0.5, 0.6) is 0 Å². The van der Waals surface area contributed by atoms with E-state index in [0.29, 0.717) is 0 Å². The fourth-order valence-corrected chi connectivity index (χ4v) is 12.7. The van der Waals surface area contributed by atoms with E-state index >= 15 is 0 Å². The molecule has 0 spiro atoms. The van der Waals surface area contributed by atoms with Gasteiger partial charge in [0.25, 0.3) is 0 Å². The number of rotatable bonds is 2. The Morgan fingerprint density at radius 2 is 1.81 bits per heavy atom. The first-order valence-electron chi connectivity index (χ1n) is 8.12. The lowest BCUT2D eigenvalue weighted by Crippen LogP contribution is -2.36. The van der Waals surface area contributed by atoms with Crippen molar-refractivity contribution in [1.82, 2.24) is 0 Å². The highest BCUT2D eigenvalue weighted by Crippen LogP contribution is 2.68. The highest BCUT2D eigenvalue weighted by Gasteiger charge is 2.47. The molecule has 1 aromatic carbocycles. The first-order chi connectivity index (χ1) is 10.1. The maximum Gasteiger partial charge on any atom is 0.237 e. The van der Waals surface area contributed by atoms with Crippen LogP contribution in [0.3, 0.4) is 0 Å². The molecule has 0 aromatic heterocycles. The molecule has 1 heterocycles. The molecule has 0 nitrogen and oxygen atoms in total. The second kappa shape index (κ2) is 4.81. The Kier molecular flexibility index (Phi) is 3.26. The molecule has 4 rings (SSSR count). The topological polar surface area (TPSA) is 0 Å². The highest BCUT2D eigenvalue weighted by molar-refractivity contribution is 8.22. The molecule has 1 atom stereocenters. The molecule has 0 saturated carbocycles. The van der Waals surface area contributed by atoms with Gasteiger partial charge in [0.1, 0.15) is 0 Å². The minimum absolute atomic E-state index is 0.761. The van der Waals surface area contributed by atoms with Crippen molar-refractivity contribution in [2.45, 2.75) is 51.9 Å². The van der Waals surface area contributed by atoms with E-state index in [-0.39, 0.29) is 0 Å². The van der Waals surface area contributed by atoms with Gasteiger partial charge in [-0.25, -0.2) is 0 Å². The number of benzene rings is 1. The summed E-state index contributed by atoms with van der Waals surface area (Å²) < 4.78 is 0. The second-order valence-corrected chi connectivity index (χ2v) is 13.1. The van der Waals surface area contributed by atoms with Gasteiger partial charge in [-0.1, -0.05) is 12.1 Å². The zero-order chi connectivity index (χ0) is 14.8. The smallest absolute Gasteiger partial charge is 0.134 e. The molecule has 3 aliphatic rings. The molecule has 2 aliphatic carbocycles. The Morgan fingerprint density at radius 1 is 1.05 bits per heavy atom. The molecule has 1 aliphatic heterocycles. The molecule has 0 bridgehead atoms. The lowest BCUT2D eigenvalue weighted by atomic mass is 9.91. The first kappa shape index (κ1) is 14.2. The van der Waals surface area contributed by atoms with Crippen molar-refractivity contribution in [2.75, 3.05) is 0 Å². The van der Waals surface area contributed by atoms with Gasteiger partial charge in [-0.05, 0) is 63.3 Å². The van der Waals surface area contributed by atoms with Gasteiger partial charge in [-0.2, -0.15) is 0 Å². The molecule has 0 amide bonds. The quantitative estimate of drug-likeness (QED) is 0.559. The Bertz CT molecular complexity index is 675. The zero-order valence-corrected chi connectivity index (χ0v) is 15.3. The van der Waals surface area contributed by atoms with E-state index in [1.54, 1.807) is 32.9 Å². The van der Waals surface area contributed by atoms with Gasteiger partial charge in [-0.15, -0.1) is 15.2 Å². The minimum atomic E-state index is -1.17. The van der Waals surface area contributed by atoms with Crippen molar-refractivity contribution < 1.29 is 0 Å². The third-order valence-electron chi connectivity index (χ3n) is 5.53. The van der Waals surface area contributed by atoms with E-state index in [1.165, 1.54) is 12.8 Å². The van der Waals surface area contributed by atoms with Gasteiger partial charge in [0.05, 0.1) is 22.6 Å². The summed E-state index contributed by atoms with van der Waals surface area (Å²) in [5, 5.41) is 3.31. The van der Waals surface area contributed by atoms with Gasteiger partial charge in [0, 0.05) is 11.3 Å². The molecule has 1 aromatic rings. The average molecular weight is 312 g/mol. The fourth-order valence-electron chi connectivity index (χ4n) is 4.45. The van der Waals surface area contributed by atoms with Crippen LogP contribution < -0.4 is 5.30 Å². The van der Waals surface area contributed by atoms with Crippen LogP contribution in [0, 0.1) is 6.42 Å². The molecular weight excluding hydrogens is 289 g/mol. The molecule has 0 saturated heterocycles. The van der Waals surface area contributed by atoms with Gasteiger partial charge < -0.3 is 0 Å². The van der Waals surface area contributed by atoms with E-state index in [0.717, 1.165) is 19.4 Å². The van der Waals surface area contributed by atoms with Crippen molar-refractivity contribution >= 4 is 38.1 Å². The maximum absolute atomic E-state index is 2.75. The summed E-state index contributed by atoms with van der Waals surface area (Å²) in [5.74, 6) is 0. The lowest BCUT2D eigenvalue weighted by molar-refractivity contribution is 1.01. The molecular formula is C18H23BP2+. The van der Waals surface area contributed by atoms with Crippen LogP contribution >= 0.6 is 15.2 Å². The largest absolute Gasteiger partial charge is 0.237 e. The summed E-state index contributed by atoms with van der Waals surface area (Å²) in [7, 11) is -0.268. The monoisotopic (exact) mass is 312 g/mol. The molecule has 3 heteroatoms. The number of hydrogen-bond donors (Lipinski definition) is 0. The number of allylic oxidation sites excluding steroid dienone is 2. The predicted molar refractivity (Wildman–Crippen MR) is 102 cm³/mol. The summed E-state index contributed by atoms with van der Waals surface area (Å²) in [5.41, 5.74) is 8.02. The molecule has 0 fully saturated rings. The van der Waals surface area contributed by atoms with E-state index < -0.39 is 7.14 Å². The third-order valence-corrected chi connectivity index (χ3v) is 13.1. The molecule has 3 radical (unpaired) electrons. The normalized spacial score (nSPS) is 22.2. The van der Waals surface area contributed by atoms with Gasteiger partial charge in [0.15, 0.2) is 0 Å². The second-order valence-electron chi connectivity index (χ2n) is 7.06. The Balaban J connectivity index is 2.05. The summed E-state index contributed by atoms with van der Waals surface area (Å²) in [4.78, 5) is 0. The zero-order valence-electron chi connectivity index (χ0n) is 13.4. The SMILES string of the molecule is CC(C)[P+]1(C(C)C)[B-][PH+]=C2[CH]C=C3CCc4ccc1c2c43. The van der Waals surface area contributed by atoms with Crippen LogP contribution in [-0.2, 0) is 6.42 Å². The Hall–Kier alpha value is -0.375. The maximum atomic E-state index is 2.75. The van der Waals surface area contributed by atoms with Crippen molar-refractivity contribution in [3.8, 4) is 0 Å². The van der Waals surface area contributed by atoms with Crippen molar-refractivity contribution in [2.24, 2.45) is 0 Å². The van der Waals surface area contributed by atoms with Crippen LogP contribution in [-0.4, -0.2) is 23.3 Å². The highest BCUT2D eigenvalue weighted by atomic mass is 31.2. The van der Waals surface area contributed by atoms with Crippen LogP contribution in [0.1, 0.15) is 50.8 Å². The Labute approximate surface area is 131 Å². The van der Waals surface area contributed by atoms with Crippen LogP contribution in [0.4, 0.5) is 0 Å². The van der Waals surface area contributed by atoms with E-state index in [9.17, 15) is 0 Å². The van der Waals surface area contributed by atoms with E-state index in [1.807, 2.05) is 0 Å². The van der Waals surface area contributed by atoms with Gasteiger partial charge in [0.2, 0.25) is 6.72 Å². The molecule has 107 valence electrons. The fraction of sp³-hybridized carbons (Fsp3) is 0.444. The van der Waals surface area contributed by atoms with Gasteiger partial charge >= 0.3 is 0 Å². The minimum Gasteiger partial charge on any atom is -0.134 e. The van der Waals surface area contributed by atoms with Gasteiger partial charge in [-0.3, -0.25) is 0 Å². The molecule has 0 N–H and O–H groups in total. The van der Waals surface area contributed by atoms with E-state index in [4.69, 9.17) is 0 Å². The number of aryl methyl sites for hydroxylation is 1. The third kappa shape index (κ3) is 1.77. The Morgan fingerprint density at radius 3 is 2.52 bits per heavy atom. The number of hydrogen-bond acceptors (Lipinski definition) is 0. The van der Waals surface area contributed by atoms with Crippen molar-refractivity contribution in [1.29, 1.82) is 0 Å². The van der Waals surface area contributed by atoms with Crippen LogP contribution in [0.2, 0.25) is 0 Å². The lowest BCUT2D eigenvalue weighted by Gasteiger charge is -2.44. The molecule has 1 unspecified atom stereocenters. The summed E-state index contributed by atoms with van der Waals surface area (Å²) in [6, 6.07) is 4.95. The predicted octanol–water partition coefficient (Wildman–Crippen LogP) is 4.44. The van der Waals surface area contributed by atoms with E-state index in [2.05, 4.69) is 59.0 Å². The molecule has 21 heavy (non-hydrogen) atoms. The first-order valence-corrected chi connectivity index (χ1v) is 11.2. The van der Waals surface area contributed by atoms with Crippen molar-refractivity contribution in [3.05, 3.63) is 41.3 Å².